The number of fused-ring (bicyclic) bond motifs is 1. The number of aromatic nitrogens is 3. The maximum Gasteiger partial charge on any atom is 0.0498 e. The fourth-order valence-electron chi connectivity index (χ4n) is 2.76. The number of nitrogens with two attached hydrogens (primary N) is 1. The van der Waals surface area contributed by atoms with Crippen molar-refractivity contribution in [2.75, 3.05) is 6.54 Å². The van der Waals surface area contributed by atoms with Crippen molar-refractivity contribution in [3.8, 4) is 0 Å². The molecule has 110 valence electrons. The fourth-order valence-corrected chi connectivity index (χ4v) is 2.93. The Morgan fingerprint density at radius 1 is 1.24 bits per heavy atom. The average molecular weight is 303 g/mol. The summed E-state index contributed by atoms with van der Waals surface area (Å²) in [5, 5.41) is 6.22. The first-order valence-electron chi connectivity index (χ1n) is 7.13. The van der Waals surface area contributed by atoms with Gasteiger partial charge in [0.25, 0.3) is 0 Å². The molecule has 0 radical (unpaired) electrons. The second kappa shape index (κ2) is 5.92. The van der Waals surface area contributed by atoms with E-state index in [9.17, 15) is 0 Å². The number of hydrogen-bond donors (Lipinski definition) is 1. The van der Waals surface area contributed by atoms with Crippen LogP contribution in [0.15, 0.2) is 36.7 Å². The predicted octanol–water partition coefficient (Wildman–Crippen LogP) is 2.77. The number of aryl methyl sites for hydroxylation is 3. The van der Waals surface area contributed by atoms with Gasteiger partial charge in [0.1, 0.15) is 0 Å². The van der Waals surface area contributed by atoms with Gasteiger partial charge in [-0.15, -0.1) is 0 Å². The van der Waals surface area contributed by atoms with Crippen LogP contribution in [-0.2, 0) is 26.4 Å². The van der Waals surface area contributed by atoms with Crippen LogP contribution in [0.1, 0.15) is 11.3 Å². The van der Waals surface area contributed by atoms with Crippen LogP contribution in [0.25, 0.3) is 10.9 Å². The first kappa shape index (κ1) is 14.2. The summed E-state index contributed by atoms with van der Waals surface area (Å²) in [5.74, 6) is 0. The monoisotopic (exact) mass is 302 g/mol. The van der Waals surface area contributed by atoms with Crippen molar-refractivity contribution in [1.82, 2.24) is 14.3 Å². The second-order valence-electron chi connectivity index (χ2n) is 5.24. The first-order chi connectivity index (χ1) is 10.2. The Labute approximate surface area is 129 Å². The number of benzene rings is 1. The molecule has 1 aromatic carbocycles. The molecule has 0 saturated carbocycles. The standard InChI is InChI=1S/C16H19ClN4/c1-20-14(5-8-19-20)6-9-21-11-12(4-7-18)15-3-2-13(17)10-16(15)21/h2-3,5,8,10-11H,4,6-7,9,18H2,1H3. The Morgan fingerprint density at radius 3 is 2.81 bits per heavy atom. The lowest BCUT2D eigenvalue weighted by Crippen LogP contribution is -2.05. The number of hydrogen-bond acceptors (Lipinski definition) is 2. The molecule has 2 heterocycles. The highest BCUT2D eigenvalue weighted by molar-refractivity contribution is 6.31. The molecule has 3 aromatic rings. The maximum absolute atomic E-state index is 6.15. The van der Waals surface area contributed by atoms with E-state index in [2.05, 4.69) is 28.0 Å². The van der Waals surface area contributed by atoms with E-state index in [-0.39, 0.29) is 0 Å². The average Bonchev–Trinajstić information content (AvgIpc) is 3.01. The summed E-state index contributed by atoms with van der Waals surface area (Å²) in [5.41, 5.74) is 9.40. The van der Waals surface area contributed by atoms with Crippen LogP contribution in [0, 0.1) is 0 Å². The molecular weight excluding hydrogens is 284 g/mol. The van der Waals surface area contributed by atoms with E-state index in [0.717, 1.165) is 24.4 Å². The van der Waals surface area contributed by atoms with Crippen molar-refractivity contribution in [3.05, 3.63) is 52.9 Å². The van der Waals surface area contributed by atoms with Crippen LogP contribution in [-0.4, -0.2) is 20.9 Å². The molecule has 3 rings (SSSR count). The van der Waals surface area contributed by atoms with E-state index >= 15 is 0 Å². The maximum atomic E-state index is 6.15. The van der Waals surface area contributed by atoms with Crippen LogP contribution < -0.4 is 5.73 Å². The predicted molar refractivity (Wildman–Crippen MR) is 86.6 cm³/mol. The van der Waals surface area contributed by atoms with Gasteiger partial charge in [0.05, 0.1) is 0 Å². The molecule has 0 amide bonds. The van der Waals surface area contributed by atoms with Gasteiger partial charge in [0, 0.05) is 54.0 Å². The minimum absolute atomic E-state index is 0.656. The van der Waals surface area contributed by atoms with E-state index in [4.69, 9.17) is 17.3 Å². The van der Waals surface area contributed by atoms with Gasteiger partial charge in [-0.1, -0.05) is 17.7 Å². The molecule has 0 fully saturated rings. The molecule has 21 heavy (non-hydrogen) atoms. The molecule has 0 spiro atoms. The third-order valence-corrected chi connectivity index (χ3v) is 4.11. The normalized spacial score (nSPS) is 11.4. The Bertz CT molecular complexity index is 757. The summed E-state index contributed by atoms with van der Waals surface area (Å²) in [7, 11) is 1.97. The zero-order chi connectivity index (χ0) is 14.8. The lowest BCUT2D eigenvalue weighted by Gasteiger charge is -2.06. The summed E-state index contributed by atoms with van der Waals surface area (Å²) < 4.78 is 4.18. The summed E-state index contributed by atoms with van der Waals surface area (Å²) in [4.78, 5) is 0. The van der Waals surface area contributed by atoms with Crippen LogP contribution in [0.2, 0.25) is 5.02 Å². The highest BCUT2D eigenvalue weighted by Crippen LogP contribution is 2.25. The molecule has 0 unspecified atom stereocenters. The molecule has 5 heteroatoms. The van der Waals surface area contributed by atoms with Gasteiger partial charge >= 0.3 is 0 Å². The molecule has 0 atom stereocenters. The van der Waals surface area contributed by atoms with E-state index in [0.29, 0.717) is 6.54 Å². The molecule has 2 aromatic heterocycles. The summed E-state index contributed by atoms with van der Waals surface area (Å²) in [6, 6.07) is 8.11. The van der Waals surface area contributed by atoms with E-state index in [1.54, 1.807) is 0 Å². The van der Waals surface area contributed by atoms with Gasteiger partial charge < -0.3 is 10.3 Å². The SMILES string of the molecule is Cn1nccc1CCn1cc(CCN)c2ccc(Cl)cc21. The Morgan fingerprint density at radius 2 is 2.10 bits per heavy atom. The molecule has 0 bridgehead atoms. The smallest absolute Gasteiger partial charge is 0.0498 e. The second-order valence-corrected chi connectivity index (χ2v) is 5.68. The summed E-state index contributed by atoms with van der Waals surface area (Å²) in [6.07, 6.45) is 5.86. The zero-order valence-electron chi connectivity index (χ0n) is 12.1. The van der Waals surface area contributed by atoms with E-state index < -0.39 is 0 Å². The van der Waals surface area contributed by atoms with Crippen molar-refractivity contribution in [2.45, 2.75) is 19.4 Å². The molecule has 0 aliphatic heterocycles. The Hall–Kier alpha value is -1.78. The highest BCUT2D eigenvalue weighted by atomic mass is 35.5. The van der Waals surface area contributed by atoms with Gasteiger partial charge in [0.15, 0.2) is 0 Å². The molecule has 0 aliphatic rings. The fraction of sp³-hybridized carbons (Fsp3) is 0.312. The summed E-state index contributed by atoms with van der Waals surface area (Å²) >= 11 is 6.15. The Balaban J connectivity index is 1.93. The van der Waals surface area contributed by atoms with Crippen LogP contribution >= 0.6 is 11.6 Å². The van der Waals surface area contributed by atoms with E-state index in [1.165, 1.54) is 22.2 Å². The molecule has 0 saturated heterocycles. The third kappa shape index (κ3) is 2.82. The van der Waals surface area contributed by atoms with E-state index in [1.807, 2.05) is 30.1 Å². The third-order valence-electron chi connectivity index (χ3n) is 3.87. The minimum Gasteiger partial charge on any atom is -0.347 e. The highest BCUT2D eigenvalue weighted by Gasteiger charge is 2.09. The largest absolute Gasteiger partial charge is 0.347 e. The van der Waals surface area contributed by atoms with Gasteiger partial charge in [-0.3, -0.25) is 4.68 Å². The lowest BCUT2D eigenvalue weighted by atomic mass is 10.1. The molecule has 4 nitrogen and oxygen atoms in total. The van der Waals surface area contributed by atoms with Crippen molar-refractivity contribution in [3.63, 3.8) is 0 Å². The van der Waals surface area contributed by atoms with Crippen molar-refractivity contribution in [1.29, 1.82) is 0 Å². The van der Waals surface area contributed by atoms with Gasteiger partial charge in [-0.2, -0.15) is 5.10 Å². The Kier molecular flexibility index (Phi) is 3.99. The zero-order valence-corrected chi connectivity index (χ0v) is 12.8. The molecule has 0 aliphatic carbocycles. The number of nitrogens with zero attached hydrogens (tertiary/aromatic N) is 3. The van der Waals surface area contributed by atoms with Crippen molar-refractivity contribution >= 4 is 22.5 Å². The minimum atomic E-state index is 0.656. The van der Waals surface area contributed by atoms with Gasteiger partial charge in [0.2, 0.25) is 0 Å². The van der Waals surface area contributed by atoms with Gasteiger partial charge in [-0.05, 0) is 36.7 Å². The van der Waals surface area contributed by atoms with Crippen molar-refractivity contribution < 1.29 is 0 Å². The quantitative estimate of drug-likeness (QED) is 0.788. The lowest BCUT2D eigenvalue weighted by molar-refractivity contribution is 0.648. The van der Waals surface area contributed by atoms with Crippen LogP contribution in [0.4, 0.5) is 0 Å². The van der Waals surface area contributed by atoms with Gasteiger partial charge in [-0.25, -0.2) is 0 Å². The number of rotatable bonds is 5. The van der Waals surface area contributed by atoms with Crippen molar-refractivity contribution in [2.24, 2.45) is 12.8 Å². The van der Waals surface area contributed by atoms with Crippen LogP contribution in [0.3, 0.4) is 0 Å². The first-order valence-corrected chi connectivity index (χ1v) is 7.51. The number of halogens is 1. The molecular formula is C16H19ClN4. The topological polar surface area (TPSA) is 48.8 Å². The summed E-state index contributed by atoms with van der Waals surface area (Å²) in [6.45, 7) is 1.56. The van der Waals surface area contributed by atoms with Crippen LogP contribution in [0.5, 0.6) is 0 Å². The molecule has 2 N–H and O–H groups in total.